The summed E-state index contributed by atoms with van der Waals surface area (Å²) in [6.45, 7) is 0.881. The number of benzene rings is 1. The zero-order valence-corrected chi connectivity index (χ0v) is 14.1. The summed E-state index contributed by atoms with van der Waals surface area (Å²) in [4.78, 5) is 12.0. The standard InChI is InChI=1S/C18H25FN2O3/c1-23-16-10-13(6-7-15(16)24-14-4-2-3-5-14)11-21-17(22)18(19)8-9-20-12-18/h6-7,10,14,20H,2-5,8-9,11-12H2,1H3,(H,21,22)/t18-/m1/s1. The molecule has 1 aromatic rings. The number of ether oxygens (including phenoxy) is 2. The fourth-order valence-electron chi connectivity index (χ4n) is 3.30. The molecule has 0 bridgehead atoms. The van der Waals surface area contributed by atoms with Gasteiger partial charge in [0.05, 0.1) is 13.2 Å². The lowest BCUT2D eigenvalue weighted by Gasteiger charge is -2.19. The molecule has 0 radical (unpaired) electrons. The number of carbonyl (C=O) groups is 1. The van der Waals surface area contributed by atoms with Crippen LogP contribution in [0.25, 0.3) is 0 Å². The van der Waals surface area contributed by atoms with Crippen LogP contribution in [0.2, 0.25) is 0 Å². The first-order valence-electron chi connectivity index (χ1n) is 8.62. The van der Waals surface area contributed by atoms with Crippen LogP contribution in [-0.4, -0.2) is 37.9 Å². The Bertz CT molecular complexity index is 582. The van der Waals surface area contributed by atoms with Gasteiger partial charge in [-0.15, -0.1) is 0 Å². The topological polar surface area (TPSA) is 59.6 Å². The molecule has 1 atom stereocenters. The highest BCUT2D eigenvalue weighted by molar-refractivity contribution is 5.85. The first-order chi connectivity index (χ1) is 11.6. The Labute approximate surface area is 141 Å². The normalized spacial score (nSPS) is 24.1. The Morgan fingerprint density at radius 3 is 2.83 bits per heavy atom. The highest BCUT2D eigenvalue weighted by Crippen LogP contribution is 2.32. The molecule has 1 amide bonds. The minimum Gasteiger partial charge on any atom is -0.493 e. The highest BCUT2D eigenvalue weighted by Gasteiger charge is 2.41. The Kier molecular flexibility index (Phi) is 5.23. The lowest BCUT2D eigenvalue weighted by Crippen LogP contribution is -2.44. The van der Waals surface area contributed by atoms with Crippen molar-refractivity contribution >= 4 is 5.91 Å². The van der Waals surface area contributed by atoms with E-state index in [2.05, 4.69) is 10.6 Å². The molecule has 1 aromatic carbocycles. The molecule has 132 valence electrons. The second-order valence-electron chi connectivity index (χ2n) is 6.58. The number of amides is 1. The number of alkyl halides is 1. The van der Waals surface area contributed by atoms with Crippen LogP contribution in [-0.2, 0) is 11.3 Å². The maximum Gasteiger partial charge on any atom is 0.259 e. The zero-order chi connectivity index (χ0) is 17.0. The summed E-state index contributed by atoms with van der Waals surface area (Å²) in [7, 11) is 1.60. The van der Waals surface area contributed by atoms with Crippen molar-refractivity contribution in [1.82, 2.24) is 10.6 Å². The number of rotatable bonds is 6. The van der Waals surface area contributed by atoms with Crippen LogP contribution in [0.1, 0.15) is 37.7 Å². The molecule has 0 unspecified atom stereocenters. The van der Waals surface area contributed by atoms with Crippen molar-refractivity contribution in [2.75, 3.05) is 20.2 Å². The summed E-state index contributed by atoms with van der Waals surface area (Å²) >= 11 is 0. The van der Waals surface area contributed by atoms with E-state index in [1.54, 1.807) is 7.11 Å². The summed E-state index contributed by atoms with van der Waals surface area (Å²) in [6, 6.07) is 5.58. The average Bonchev–Trinajstić information content (AvgIpc) is 3.26. The molecule has 1 aliphatic carbocycles. The Morgan fingerprint density at radius 1 is 1.38 bits per heavy atom. The van der Waals surface area contributed by atoms with Gasteiger partial charge in [0.25, 0.3) is 5.91 Å². The summed E-state index contributed by atoms with van der Waals surface area (Å²) < 4.78 is 25.7. The second kappa shape index (κ2) is 7.38. The third-order valence-corrected chi connectivity index (χ3v) is 4.79. The Hall–Kier alpha value is -1.82. The van der Waals surface area contributed by atoms with E-state index in [4.69, 9.17) is 9.47 Å². The zero-order valence-electron chi connectivity index (χ0n) is 14.1. The molecule has 2 N–H and O–H groups in total. The first kappa shape index (κ1) is 17.0. The molecule has 1 saturated heterocycles. The predicted molar refractivity (Wildman–Crippen MR) is 89.1 cm³/mol. The largest absolute Gasteiger partial charge is 0.493 e. The number of hydrogen-bond acceptors (Lipinski definition) is 4. The van der Waals surface area contributed by atoms with Crippen LogP contribution >= 0.6 is 0 Å². The van der Waals surface area contributed by atoms with Crippen molar-refractivity contribution in [2.24, 2.45) is 0 Å². The van der Waals surface area contributed by atoms with Crippen molar-refractivity contribution in [3.63, 3.8) is 0 Å². The van der Waals surface area contributed by atoms with Gasteiger partial charge in [-0.3, -0.25) is 4.79 Å². The van der Waals surface area contributed by atoms with Gasteiger partial charge in [-0.2, -0.15) is 0 Å². The van der Waals surface area contributed by atoms with Crippen molar-refractivity contribution in [1.29, 1.82) is 0 Å². The van der Waals surface area contributed by atoms with Crippen molar-refractivity contribution in [3.05, 3.63) is 23.8 Å². The van der Waals surface area contributed by atoms with Gasteiger partial charge in [0.1, 0.15) is 0 Å². The third-order valence-electron chi connectivity index (χ3n) is 4.79. The molecule has 24 heavy (non-hydrogen) atoms. The third kappa shape index (κ3) is 3.80. The van der Waals surface area contributed by atoms with E-state index in [1.807, 2.05) is 18.2 Å². The second-order valence-corrected chi connectivity index (χ2v) is 6.58. The maximum atomic E-state index is 14.3. The number of carbonyl (C=O) groups excluding carboxylic acids is 1. The molecule has 1 aliphatic heterocycles. The van der Waals surface area contributed by atoms with Gasteiger partial charge in [0.15, 0.2) is 11.5 Å². The maximum absolute atomic E-state index is 14.3. The number of methoxy groups -OCH3 is 1. The Morgan fingerprint density at radius 2 is 2.17 bits per heavy atom. The number of halogens is 1. The molecular formula is C18H25FN2O3. The van der Waals surface area contributed by atoms with Crippen molar-refractivity contribution in [3.8, 4) is 11.5 Å². The van der Waals surface area contributed by atoms with Crippen molar-refractivity contribution < 1.29 is 18.7 Å². The van der Waals surface area contributed by atoms with Gasteiger partial charge in [-0.05, 0) is 49.9 Å². The minimum absolute atomic E-state index is 0.0797. The molecule has 2 fully saturated rings. The molecule has 6 heteroatoms. The van der Waals surface area contributed by atoms with Gasteiger partial charge in [-0.25, -0.2) is 4.39 Å². The van der Waals surface area contributed by atoms with E-state index >= 15 is 0 Å². The van der Waals surface area contributed by atoms with Crippen LogP contribution in [0.3, 0.4) is 0 Å². The van der Waals surface area contributed by atoms with Crippen LogP contribution in [0, 0.1) is 0 Å². The van der Waals surface area contributed by atoms with Crippen LogP contribution < -0.4 is 20.1 Å². The summed E-state index contributed by atoms with van der Waals surface area (Å²) in [5, 5.41) is 5.55. The molecular weight excluding hydrogens is 311 g/mol. The van der Waals surface area contributed by atoms with E-state index in [0.29, 0.717) is 12.3 Å². The summed E-state index contributed by atoms with van der Waals surface area (Å²) in [6.07, 6.45) is 5.04. The van der Waals surface area contributed by atoms with E-state index < -0.39 is 11.6 Å². The van der Waals surface area contributed by atoms with E-state index in [-0.39, 0.29) is 25.6 Å². The van der Waals surface area contributed by atoms with Crippen molar-refractivity contribution in [2.45, 2.75) is 50.4 Å². The Balaban J connectivity index is 1.60. The van der Waals surface area contributed by atoms with Crippen LogP contribution in [0.4, 0.5) is 4.39 Å². The summed E-state index contributed by atoms with van der Waals surface area (Å²) in [5.41, 5.74) is -0.941. The predicted octanol–water partition coefficient (Wildman–Crippen LogP) is 2.33. The minimum atomic E-state index is -1.80. The number of hydrogen-bond donors (Lipinski definition) is 2. The van der Waals surface area contributed by atoms with E-state index in [1.165, 1.54) is 12.8 Å². The quantitative estimate of drug-likeness (QED) is 0.837. The fraction of sp³-hybridized carbons (Fsp3) is 0.611. The number of nitrogens with one attached hydrogen (secondary N) is 2. The SMILES string of the molecule is COc1cc(CNC(=O)[C@@]2(F)CCNC2)ccc1OC1CCCC1. The van der Waals surface area contributed by atoms with Crippen LogP contribution in [0.15, 0.2) is 18.2 Å². The lowest BCUT2D eigenvalue weighted by molar-refractivity contribution is -0.131. The first-order valence-corrected chi connectivity index (χ1v) is 8.62. The molecule has 5 nitrogen and oxygen atoms in total. The monoisotopic (exact) mass is 336 g/mol. The highest BCUT2D eigenvalue weighted by atomic mass is 19.1. The molecule has 0 aromatic heterocycles. The van der Waals surface area contributed by atoms with E-state index in [9.17, 15) is 9.18 Å². The van der Waals surface area contributed by atoms with Gasteiger partial charge in [-0.1, -0.05) is 6.07 Å². The lowest BCUT2D eigenvalue weighted by atomic mass is 10.0. The molecule has 1 heterocycles. The van der Waals surface area contributed by atoms with Gasteiger partial charge < -0.3 is 20.1 Å². The fourth-order valence-corrected chi connectivity index (χ4v) is 3.30. The van der Waals surface area contributed by atoms with Gasteiger partial charge in [0, 0.05) is 19.5 Å². The molecule has 1 saturated carbocycles. The molecule has 0 spiro atoms. The summed E-state index contributed by atoms with van der Waals surface area (Å²) in [5.74, 6) is 0.810. The molecule has 3 rings (SSSR count). The van der Waals surface area contributed by atoms with E-state index in [0.717, 1.165) is 24.2 Å². The van der Waals surface area contributed by atoms with Gasteiger partial charge in [0.2, 0.25) is 5.67 Å². The van der Waals surface area contributed by atoms with Crippen LogP contribution in [0.5, 0.6) is 11.5 Å². The molecule has 2 aliphatic rings. The smallest absolute Gasteiger partial charge is 0.259 e. The van der Waals surface area contributed by atoms with Gasteiger partial charge >= 0.3 is 0 Å². The average molecular weight is 336 g/mol.